The minimum atomic E-state index is -0.622. The van der Waals surface area contributed by atoms with E-state index in [0.29, 0.717) is 0 Å². The maximum absolute atomic E-state index is 12.0. The number of rotatable bonds is 10. The van der Waals surface area contributed by atoms with E-state index in [0.717, 1.165) is 25.7 Å². The minimum absolute atomic E-state index is 0.622. The first-order valence-corrected chi connectivity index (χ1v) is 6.89. The average molecular weight is 213 g/mol. The fourth-order valence-corrected chi connectivity index (χ4v) is 2.01. The van der Waals surface area contributed by atoms with E-state index in [4.69, 9.17) is 0 Å². The van der Waals surface area contributed by atoms with Crippen LogP contribution >= 0.6 is 0 Å². The van der Waals surface area contributed by atoms with E-state index >= 15 is 0 Å². The first kappa shape index (κ1) is 15.0. The second kappa shape index (κ2) is 9.21. The summed E-state index contributed by atoms with van der Waals surface area (Å²) in [5, 5.41) is 12.0. The Hall–Kier alpha value is -0.0400. The van der Waals surface area contributed by atoms with E-state index in [9.17, 15) is 5.11 Å². The first-order valence-electron chi connectivity index (χ1n) is 6.89. The van der Waals surface area contributed by atoms with E-state index in [2.05, 4.69) is 6.92 Å². The maximum atomic E-state index is 12.0. The van der Waals surface area contributed by atoms with Gasteiger partial charge in [-0.15, -0.1) is 0 Å². The normalized spacial score (nSPS) is 12.0. The van der Waals surface area contributed by atoms with Gasteiger partial charge in [0, 0.05) is 0 Å². The maximum Gasteiger partial charge on any atom is 0.103 e. The quantitative estimate of drug-likeness (QED) is 0.449. The van der Waals surface area contributed by atoms with Gasteiger partial charge in [0.1, 0.15) is 5.60 Å². The van der Waals surface area contributed by atoms with Crippen molar-refractivity contribution >= 4 is 0 Å². The van der Waals surface area contributed by atoms with Gasteiger partial charge in [0.05, 0.1) is 0 Å². The van der Waals surface area contributed by atoms with Crippen molar-refractivity contribution in [1.29, 1.82) is 0 Å². The van der Waals surface area contributed by atoms with Gasteiger partial charge in [-0.25, -0.2) is 5.11 Å². The number of hydrogen-bond donors (Lipinski definition) is 0. The summed E-state index contributed by atoms with van der Waals surface area (Å²) < 4.78 is 0. The molecule has 0 saturated carbocycles. The standard InChI is InChI=1S/C14H29O/c1-4-7-8-9-10-11-12-13-14(15,5-2)6-3/h4-13H2,1-3H3. The van der Waals surface area contributed by atoms with Crippen molar-refractivity contribution < 1.29 is 5.11 Å². The zero-order chi connectivity index (χ0) is 11.6. The molecule has 0 atom stereocenters. The van der Waals surface area contributed by atoms with Gasteiger partial charge in [0.15, 0.2) is 0 Å². The highest BCUT2D eigenvalue weighted by Crippen LogP contribution is 2.23. The largest absolute Gasteiger partial charge is 0.230 e. The van der Waals surface area contributed by atoms with Crippen molar-refractivity contribution in [3.63, 3.8) is 0 Å². The second-order valence-corrected chi connectivity index (χ2v) is 4.76. The van der Waals surface area contributed by atoms with Gasteiger partial charge in [-0.1, -0.05) is 65.7 Å². The summed E-state index contributed by atoms with van der Waals surface area (Å²) >= 11 is 0. The molecule has 0 unspecified atom stereocenters. The number of unbranched alkanes of at least 4 members (excludes halogenated alkanes) is 6. The summed E-state index contributed by atoms with van der Waals surface area (Å²) in [6.07, 6.45) is 11.6. The molecule has 91 valence electrons. The van der Waals surface area contributed by atoms with Crippen LogP contribution in [0, 0.1) is 0 Å². The van der Waals surface area contributed by atoms with Crippen molar-refractivity contribution in [3.05, 3.63) is 0 Å². The average Bonchev–Trinajstić information content (AvgIpc) is 2.27. The molecule has 0 heterocycles. The van der Waals surface area contributed by atoms with E-state index in [-0.39, 0.29) is 0 Å². The van der Waals surface area contributed by atoms with Crippen LogP contribution < -0.4 is 0 Å². The molecule has 15 heavy (non-hydrogen) atoms. The van der Waals surface area contributed by atoms with Crippen LogP contribution in [0.5, 0.6) is 0 Å². The highest BCUT2D eigenvalue weighted by Gasteiger charge is 2.23. The lowest BCUT2D eigenvalue weighted by molar-refractivity contribution is -0.0449. The van der Waals surface area contributed by atoms with Gasteiger partial charge in [-0.05, 0) is 19.3 Å². The minimum Gasteiger partial charge on any atom is -0.230 e. The molecule has 0 aliphatic heterocycles. The van der Waals surface area contributed by atoms with Gasteiger partial charge < -0.3 is 0 Å². The molecule has 0 amide bonds. The van der Waals surface area contributed by atoms with Crippen molar-refractivity contribution in [2.45, 2.75) is 90.6 Å². The van der Waals surface area contributed by atoms with Gasteiger partial charge >= 0.3 is 0 Å². The fourth-order valence-electron chi connectivity index (χ4n) is 2.01. The predicted molar refractivity (Wildman–Crippen MR) is 66.6 cm³/mol. The smallest absolute Gasteiger partial charge is 0.103 e. The Kier molecular flexibility index (Phi) is 9.18. The van der Waals surface area contributed by atoms with Crippen LogP contribution in [0.25, 0.3) is 0 Å². The molecule has 0 bridgehead atoms. The summed E-state index contributed by atoms with van der Waals surface area (Å²) in [6.45, 7) is 6.30. The SMILES string of the molecule is CCCCCCCCCC([O])(CC)CC. The molecular formula is C14H29O. The third-order valence-electron chi connectivity index (χ3n) is 3.52. The Morgan fingerprint density at radius 3 is 1.67 bits per heavy atom. The Morgan fingerprint density at radius 2 is 1.20 bits per heavy atom. The Balaban J connectivity index is 3.29. The summed E-state index contributed by atoms with van der Waals surface area (Å²) in [7, 11) is 0. The van der Waals surface area contributed by atoms with Crippen LogP contribution in [0.4, 0.5) is 0 Å². The van der Waals surface area contributed by atoms with Gasteiger partial charge in [0.25, 0.3) is 0 Å². The Morgan fingerprint density at radius 1 is 0.733 bits per heavy atom. The molecule has 0 aromatic carbocycles. The Bertz CT molecular complexity index is 127. The van der Waals surface area contributed by atoms with Crippen LogP contribution in [0.3, 0.4) is 0 Å². The summed E-state index contributed by atoms with van der Waals surface area (Å²) in [5.74, 6) is 0. The van der Waals surface area contributed by atoms with Crippen LogP contribution in [-0.2, 0) is 5.11 Å². The monoisotopic (exact) mass is 213 g/mol. The van der Waals surface area contributed by atoms with Crippen LogP contribution in [0.1, 0.15) is 85.0 Å². The zero-order valence-electron chi connectivity index (χ0n) is 11.0. The predicted octanol–water partition coefficient (Wildman–Crippen LogP) is 5.12. The molecule has 1 heteroatoms. The molecule has 0 fully saturated rings. The van der Waals surface area contributed by atoms with E-state index in [1.165, 1.54) is 38.5 Å². The lowest BCUT2D eigenvalue weighted by atomic mass is 9.90. The highest BCUT2D eigenvalue weighted by molar-refractivity contribution is 4.73. The van der Waals surface area contributed by atoms with Crippen molar-refractivity contribution in [2.75, 3.05) is 0 Å². The summed E-state index contributed by atoms with van der Waals surface area (Å²) in [4.78, 5) is 0. The molecule has 0 aliphatic rings. The molecule has 0 rings (SSSR count). The molecule has 0 aromatic rings. The van der Waals surface area contributed by atoms with Gasteiger partial charge in [-0.2, -0.15) is 0 Å². The van der Waals surface area contributed by atoms with Gasteiger partial charge in [-0.3, -0.25) is 0 Å². The van der Waals surface area contributed by atoms with Gasteiger partial charge in [0.2, 0.25) is 0 Å². The Labute approximate surface area is 96.3 Å². The molecule has 0 spiro atoms. The summed E-state index contributed by atoms with van der Waals surface area (Å²) in [5.41, 5.74) is -0.622. The van der Waals surface area contributed by atoms with E-state index in [1.807, 2.05) is 13.8 Å². The lowest BCUT2D eigenvalue weighted by Gasteiger charge is -2.21. The topological polar surface area (TPSA) is 19.9 Å². The molecule has 1 nitrogen and oxygen atoms in total. The summed E-state index contributed by atoms with van der Waals surface area (Å²) in [6, 6.07) is 0. The molecule has 0 aromatic heterocycles. The second-order valence-electron chi connectivity index (χ2n) is 4.76. The first-order chi connectivity index (χ1) is 7.18. The molecule has 0 saturated heterocycles. The molecule has 1 radical (unpaired) electrons. The zero-order valence-corrected chi connectivity index (χ0v) is 11.0. The van der Waals surface area contributed by atoms with E-state index < -0.39 is 5.60 Å². The van der Waals surface area contributed by atoms with Crippen molar-refractivity contribution in [2.24, 2.45) is 0 Å². The van der Waals surface area contributed by atoms with Crippen molar-refractivity contribution in [3.8, 4) is 0 Å². The third kappa shape index (κ3) is 7.84. The van der Waals surface area contributed by atoms with Crippen LogP contribution in [0.2, 0.25) is 0 Å². The lowest BCUT2D eigenvalue weighted by Crippen LogP contribution is -2.24. The molecular weight excluding hydrogens is 184 g/mol. The molecule has 0 N–H and O–H groups in total. The molecule has 0 aliphatic carbocycles. The highest BCUT2D eigenvalue weighted by atomic mass is 16.3. The third-order valence-corrected chi connectivity index (χ3v) is 3.52. The van der Waals surface area contributed by atoms with Crippen LogP contribution in [0.15, 0.2) is 0 Å². The van der Waals surface area contributed by atoms with Crippen LogP contribution in [-0.4, -0.2) is 5.60 Å². The van der Waals surface area contributed by atoms with Crippen molar-refractivity contribution in [1.82, 2.24) is 0 Å². The fraction of sp³-hybridized carbons (Fsp3) is 1.00. The number of hydrogen-bond acceptors (Lipinski definition) is 0. The van der Waals surface area contributed by atoms with E-state index in [1.54, 1.807) is 0 Å².